The molecule has 0 radical (unpaired) electrons. The summed E-state index contributed by atoms with van der Waals surface area (Å²) in [6.45, 7) is 3.40. The van der Waals surface area contributed by atoms with Crippen molar-refractivity contribution in [1.82, 2.24) is 5.32 Å². The van der Waals surface area contributed by atoms with Gasteiger partial charge in [-0.1, -0.05) is 6.92 Å². The van der Waals surface area contributed by atoms with Crippen molar-refractivity contribution in [1.29, 1.82) is 0 Å². The SMILES string of the molecule is CCCS(=O)(=O)CCNC(C)=O. The van der Waals surface area contributed by atoms with Crippen LogP contribution in [0.25, 0.3) is 0 Å². The average Bonchev–Trinajstić information content (AvgIpc) is 1.85. The monoisotopic (exact) mass is 193 g/mol. The maximum Gasteiger partial charge on any atom is 0.216 e. The van der Waals surface area contributed by atoms with Crippen molar-refractivity contribution in [3.63, 3.8) is 0 Å². The van der Waals surface area contributed by atoms with E-state index in [9.17, 15) is 13.2 Å². The first kappa shape index (κ1) is 11.4. The van der Waals surface area contributed by atoms with Crippen LogP contribution in [-0.4, -0.2) is 32.4 Å². The van der Waals surface area contributed by atoms with Crippen molar-refractivity contribution in [3.8, 4) is 0 Å². The fourth-order valence-electron chi connectivity index (χ4n) is 0.796. The molecule has 0 aromatic heterocycles. The first-order valence-corrected chi connectivity index (χ1v) is 5.75. The minimum Gasteiger partial charge on any atom is -0.355 e. The van der Waals surface area contributed by atoms with Crippen molar-refractivity contribution >= 4 is 15.7 Å². The molecule has 4 nitrogen and oxygen atoms in total. The van der Waals surface area contributed by atoms with E-state index in [1.807, 2.05) is 6.92 Å². The Morgan fingerprint density at radius 2 is 1.92 bits per heavy atom. The minimum atomic E-state index is -2.94. The normalized spacial score (nSPS) is 11.2. The summed E-state index contributed by atoms with van der Waals surface area (Å²) >= 11 is 0. The Kier molecular flexibility index (Phi) is 4.89. The maximum absolute atomic E-state index is 11.1. The van der Waals surface area contributed by atoms with Gasteiger partial charge < -0.3 is 5.32 Å². The van der Waals surface area contributed by atoms with E-state index in [1.165, 1.54) is 6.92 Å². The zero-order valence-corrected chi connectivity index (χ0v) is 8.28. The van der Waals surface area contributed by atoms with Gasteiger partial charge >= 0.3 is 0 Å². The molecule has 0 rings (SSSR count). The Morgan fingerprint density at radius 3 is 2.33 bits per heavy atom. The Labute approximate surface area is 73.3 Å². The van der Waals surface area contributed by atoms with Gasteiger partial charge in [0, 0.05) is 19.2 Å². The summed E-state index contributed by atoms with van der Waals surface area (Å²) in [6, 6.07) is 0. The van der Waals surface area contributed by atoms with Crippen molar-refractivity contribution in [2.45, 2.75) is 20.3 Å². The zero-order valence-electron chi connectivity index (χ0n) is 7.46. The number of sulfone groups is 1. The second kappa shape index (κ2) is 5.13. The van der Waals surface area contributed by atoms with Crippen LogP contribution < -0.4 is 5.32 Å². The number of hydrogen-bond donors (Lipinski definition) is 1. The van der Waals surface area contributed by atoms with Crippen LogP contribution in [0.3, 0.4) is 0 Å². The van der Waals surface area contributed by atoms with Crippen LogP contribution in [0.5, 0.6) is 0 Å². The van der Waals surface area contributed by atoms with Crippen LogP contribution in [0, 0.1) is 0 Å². The molecule has 0 aromatic carbocycles. The Bertz CT molecular complexity index is 233. The molecule has 0 fully saturated rings. The molecule has 0 unspecified atom stereocenters. The molecule has 0 aromatic rings. The maximum atomic E-state index is 11.1. The molecular weight excluding hydrogens is 178 g/mol. The van der Waals surface area contributed by atoms with Gasteiger partial charge in [0.05, 0.1) is 5.75 Å². The summed E-state index contributed by atoms with van der Waals surface area (Å²) < 4.78 is 22.1. The lowest BCUT2D eigenvalue weighted by Gasteiger charge is -2.02. The standard InChI is InChI=1S/C7H15NO3S/c1-3-5-12(10,11)6-4-8-7(2)9/h3-6H2,1-2H3,(H,8,9). The van der Waals surface area contributed by atoms with Crippen LogP contribution in [-0.2, 0) is 14.6 Å². The number of carbonyl (C=O) groups excluding carboxylic acids is 1. The van der Waals surface area contributed by atoms with E-state index in [1.54, 1.807) is 0 Å². The van der Waals surface area contributed by atoms with E-state index in [0.29, 0.717) is 6.42 Å². The van der Waals surface area contributed by atoms with Crippen LogP contribution in [0.1, 0.15) is 20.3 Å². The van der Waals surface area contributed by atoms with Crippen LogP contribution in [0.2, 0.25) is 0 Å². The van der Waals surface area contributed by atoms with Crippen LogP contribution >= 0.6 is 0 Å². The quantitative estimate of drug-likeness (QED) is 0.665. The third-order valence-electron chi connectivity index (χ3n) is 1.30. The van der Waals surface area contributed by atoms with E-state index in [0.717, 1.165) is 0 Å². The van der Waals surface area contributed by atoms with Gasteiger partial charge in [-0.2, -0.15) is 0 Å². The highest BCUT2D eigenvalue weighted by molar-refractivity contribution is 7.91. The molecular formula is C7H15NO3S. The van der Waals surface area contributed by atoms with Gasteiger partial charge in [-0.25, -0.2) is 8.42 Å². The highest BCUT2D eigenvalue weighted by Gasteiger charge is 2.08. The summed E-state index contributed by atoms with van der Waals surface area (Å²) in [7, 11) is -2.94. The van der Waals surface area contributed by atoms with E-state index in [-0.39, 0.29) is 24.0 Å². The number of carbonyl (C=O) groups is 1. The molecule has 0 aliphatic rings. The topological polar surface area (TPSA) is 63.2 Å². The van der Waals surface area contributed by atoms with E-state index in [4.69, 9.17) is 0 Å². The van der Waals surface area contributed by atoms with E-state index >= 15 is 0 Å². The van der Waals surface area contributed by atoms with Crippen molar-refractivity contribution in [2.75, 3.05) is 18.1 Å². The summed E-state index contributed by atoms with van der Waals surface area (Å²) in [5.41, 5.74) is 0. The highest BCUT2D eigenvalue weighted by Crippen LogP contribution is 1.91. The Balaban J connectivity index is 3.69. The second-order valence-electron chi connectivity index (χ2n) is 2.63. The Hall–Kier alpha value is -0.580. The first-order valence-electron chi connectivity index (χ1n) is 3.93. The summed E-state index contributed by atoms with van der Waals surface area (Å²) in [5.74, 6) is 0.0502. The van der Waals surface area contributed by atoms with Gasteiger partial charge in [0.2, 0.25) is 5.91 Å². The minimum absolute atomic E-state index is 0.0421. The molecule has 0 aliphatic heterocycles. The second-order valence-corrected chi connectivity index (χ2v) is 4.94. The van der Waals surface area contributed by atoms with Gasteiger partial charge in [0.15, 0.2) is 9.84 Å². The number of amides is 1. The molecule has 0 spiro atoms. The van der Waals surface area contributed by atoms with Crippen molar-refractivity contribution in [2.24, 2.45) is 0 Å². The fraction of sp³-hybridized carbons (Fsp3) is 0.857. The third-order valence-corrected chi connectivity index (χ3v) is 3.16. The molecule has 0 heterocycles. The van der Waals surface area contributed by atoms with Gasteiger partial charge in [-0.15, -0.1) is 0 Å². The van der Waals surface area contributed by atoms with Crippen molar-refractivity contribution < 1.29 is 13.2 Å². The predicted molar refractivity (Wildman–Crippen MR) is 47.6 cm³/mol. The lowest BCUT2D eigenvalue weighted by atomic mass is 10.6. The summed E-state index contributed by atoms with van der Waals surface area (Å²) in [5, 5.41) is 2.44. The summed E-state index contributed by atoms with van der Waals surface area (Å²) in [6.07, 6.45) is 0.627. The van der Waals surface area contributed by atoms with Gasteiger partial charge in [-0.3, -0.25) is 4.79 Å². The van der Waals surface area contributed by atoms with Crippen LogP contribution in [0.4, 0.5) is 0 Å². The Morgan fingerprint density at radius 1 is 1.33 bits per heavy atom. The predicted octanol–water partition coefficient (Wildman–Crippen LogP) is -0.0527. The lowest BCUT2D eigenvalue weighted by Crippen LogP contribution is -2.27. The van der Waals surface area contributed by atoms with Gasteiger partial charge in [-0.05, 0) is 6.42 Å². The average molecular weight is 193 g/mol. The fourth-order valence-corrected chi connectivity index (χ4v) is 2.03. The molecule has 1 N–H and O–H groups in total. The van der Waals surface area contributed by atoms with Crippen molar-refractivity contribution in [3.05, 3.63) is 0 Å². The molecule has 5 heteroatoms. The molecule has 12 heavy (non-hydrogen) atoms. The van der Waals surface area contributed by atoms with Crippen LogP contribution in [0.15, 0.2) is 0 Å². The lowest BCUT2D eigenvalue weighted by molar-refractivity contribution is -0.118. The molecule has 0 atom stereocenters. The molecule has 1 amide bonds. The largest absolute Gasteiger partial charge is 0.355 e. The summed E-state index contributed by atoms with van der Waals surface area (Å²) in [4.78, 5) is 10.4. The van der Waals surface area contributed by atoms with E-state index < -0.39 is 9.84 Å². The first-order chi connectivity index (χ1) is 5.48. The van der Waals surface area contributed by atoms with Gasteiger partial charge in [0.1, 0.15) is 0 Å². The molecule has 0 saturated carbocycles. The molecule has 0 bridgehead atoms. The smallest absolute Gasteiger partial charge is 0.216 e. The zero-order chi connectivity index (χ0) is 9.61. The molecule has 0 saturated heterocycles. The molecule has 72 valence electrons. The number of nitrogens with one attached hydrogen (secondary N) is 1. The molecule has 0 aliphatic carbocycles. The van der Waals surface area contributed by atoms with Gasteiger partial charge in [0.25, 0.3) is 0 Å². The third kappa shape index (κ3) is 6.15. The highest BCUT2D eigenvalue weighted by atomic mass is 32.2. The van der Waals surface area contributed by atoms with E-state index in [2.05, 4.69) is 5.32 Å². The number of hydrogen-bond acceptors (Lipinski definition) is 3. The number of rotatable bonds is 5.